The molecule has 2 aromatic rings. The second kappa shape index (κ2) is 5.76. The molecule has 0 spiro atoms. The van der Waals surface area contributed by atoms with Crippen LogP contribution in [0.3, 0.4) is 0 Å². The number of imidazole rings is 1. The summed E-state index contributed by atoms with van der Waals surface area (Å²) in [4.78, 5) is 34.7. The number of aromatic nitrogens is 3. The molecule has 2 aromatic heterocycles. The van der Waals surface area contributed by atoms with E-state index in [1.165, 1.54) is 12.3 Å². The Hall–Kier alpha value is -2.41. The van der Waals surface area contributed by atoms with E-state index >= 15 is 0 Å². The van der Waals surface area contributed by atoms with Gasteiger partial charge in [0, 0.05) is 51.3 Å². The van der Waals surface area contributed by atoms with E-state index in [2.05, 4.69) is 14.9 Å². The van der Waals surface area contributed by atoms with Crippen LogP contribution in [0.4, 0.5) is 0 Å². The third kappa shape index (κ3) is 2.67. The topological polar surface area (TPSA) is 74.2 Å². The van der Waals surface area contributed by atoms with Crippen molar-refractivity contribution in [2.75, 3.05) is 26.7 Å². The molecular weight excluding hydrogens is 282 g/mol. The first-order valence-electron chi connectivity index (χ1n) is 7.22. The highest BCUT2D eigenvalue weighted by atomic mass is 16.2. The van der Waals surface area contributed by atoms with Crippen molar-refractivity contribution in [3.8, 4) is 0 Å². The number of pyridine rings is 1. The highest BCUT2D eigenvalue weighted by molar-refractivity contribution is 5.94. The van der Waals surface area contributed by atoms with E-state index < -0.39 is 0 Å². The van der Waals surface area contributed by atoms with Gasteiger partial charge in [0.05, 0.1) is 11.6 Å². The largest absolute Gasteiger partial charge is 0.337 e. The lowest BCUT2D eigenvalue weighted by molar-refractivity contribution is 0.0528. The number of rotatable bonds is 2. The van der Waals surface area contributed by atoms with E-state index in [1.807, 2.05) is 29.8 Å². The van der Waals surface area contributed by atoms with Gasteiger partial charge in [0.1, 0.15) is 5.82 Å². The lowest BCUT2D eigenvalue weighted by Crippen LogP contribution is -2.49. The van der Waals surface area contributed by atoms with Crippen molar-refractivity contribution in [3.05, 3.63) is 52.5 Å². The molecule has 7 nitrogen and oxygen atoms in total. The first-order valence-corrected chi connectivity index (χ1v) is 7.22. The Bertz CT molecular complexity index is 715. The summed E-state index contributed by atoms with van der Waals surface area (Å²) in [6, 6.07) is 3.01. The number of hydrogen-bond acceptors (Lipinski definition) is 4. The summed E-state index contributed by atoms with van der Waals surface area (Å²) in [7, 11) is 4.00. The Morgan fingerprint density at radius 2 is 2.14 bits per heavy atom. The van der Waals surface area contributed by atoms with Crippen molar-refractivity contribution >= 4 is 5.91 Å². The molecule has 116 valence electrons. The minimum Gasteiger partial charge on any atom is -0.337 e. The Morgan fingerprint density at radius 3 is 2.77 bits per heavy atom. The summed E-state index contributed by atoms with van der Waals surface area (Å²) in [5.74, 6) is 0.880. The minimum absolute atomic E-state index is 0.0661. The maximum absolute atomic E-state index is 12.6. The molecule has 3 heterocycles. The molecule has 7 heteroatoms. The first-order chi connectivity index (χ1) is 10.6. The fourth-order valence-corrected chi connectivity index (χ4v) is 2.76. The van der Waals surface area contributed by atoms with Gasteiger partial charge < -0.3 is 14.5 Å². The molecule has 0 saturated carbocycles. The number of piperazine rings is 1. The van der Waals surface area contributed by atoms with Gasteiger partial charge in [0.2, 0.25) is 5.56 Å². The normalized spacial score (nSPS) is 19.4. The van der Waals surface area contributed by atoms with Crippen molar-refractivity contribution in [1.29, 1.82) is 0 Å². The predicted octanol–water partition coefficient (Wildman–Crippen LogP) is 0.237. The van der Waals surface area contributed by atoms with Crippen LogP contribution >= 0.6 is 0 Å². The third-order valence-electron chi connectivity index (χ3n) is 4.12. The van der Waals surface area contributed by atoms with Gasteiger partial charge in [-0.15, -0.1) is 0 Å². The average molecular weight is 301 g/mol. The van der Waals surface area contributed by atoms with Crippen molar-refractivity contribution in [3.63, 3.8) is 0 Å². The maximum Gasteiger partial charge on any atom is 0.255 e. The van der Waals surface area contributed by atoms with E-state index in [0.717, 1.165) is 12.4 Å². The smallest absolute Gasteiger partial charge is 0.255 e. The minimum atomic E-state index is -0.208. The summed E-state index contributed by atoms with van der Waals surface area (Å²) in [5.41, 5.74) is 0.295. The summed E-state index contributed by atoms with van der Waals surface area (Å²) in [6.45, 7) is 2.03. The second-order valence-electron chi connectivity index (χ2n) is 5.59. The van der Waals surface area contributed by atoms with Crippen molar-refractivity contribution in [1.82, 2.24) is 24.3 Å². The zero-order valence-electron chi connectivity index (χ0n) is 12.7. The molecule has 1 aliphatic heterocycles. The van der Waals surface area contributed by atoms with Gasteiger partial charge in [-0.1, -0.05) is 0 Å². The number of carbonyl (C=O) groups is 1. The number of amides is 1. The second-order valence-corrected chi connectivity index (χ2v) is 5.59. The quantitative estimate of drug-likeness (QED) is 0.862. The number of carbonyl (C=O) groups excluding carboxylic acids is 1. The Labute approximate surface area is 128 Å². The zero-order chi connectivity index (χ0) is 15.7. The number of H-pyrrole nitrogens is 1. The van der Waals surface area contributed by atoms with E-state index in [9.17, 15) is 9.59 Å². The van der Waals surface area contributed by atoms with Gasteiger partial charge in [0.25, 0.3) is 5.91 Å². The SMILES string of the molecule is CN1CCN(C(=O)c2ccc(=O)[nH]c2)C[C@H]1c1nccn1C. The fourth-order valence-electron chi connectivity index (χ4n) is 2.76. The molecule has 1 amide bonds. The number of nitrogens with zero attached hydrogens (tertiary/aromatic N) is 4. The van der Waals surface area contributed by atoms with Gasteiger partial charge in [-0.05, 0) is 13.1 Å². The van der Waals surface area contributed by atoms with Crippen LogP contribution in [0.5, 0.6) is 0 Å². The molecule has 0 bridgehead atoms. The Morgan fingerprint density at radius 1 is 1.32 bits per heavy atom. The average Bonchev–Trinajstić information content (AvgIpc) is 2.94. The number of aryl methyl sites for hydroxylation is 1. The van der Waals surface area contributed by atoms with Crippen LogP contribution < -0.4 is 5.56 Å². The van der Waals surface area contributed by atoms with Crippen LogP contribution in [0, 0.1) is 0 Å². The van der Waals surface area contributed by atoms with Crippen LogP contribution in [-0.2, 0) is 7.05 Å². The molecule has 0 radical (unpaired) electrons. The van der Waals surface area contributed by atoms with E-state index in [1.54, 1.807) is 12.3 Å². The van der Waals surface area contributed by atoms with Gasteiger partial charge in [-0.2, -0.15) is 0 Å². The molecule has 1 atom stereocenters. The van der Waals surface area contributed by atoms with Crippen molar-refractivity contribution in [2.24, 2.45) is 7.05 Å². The van der Waals surface area contributed by atoms with Crippen LogP contribution in [-0.4, -0.2) is 56.9 Å². The first kappa shape index (κ1) is 14.5. The van der Waals surface area contributed by atoms with Crippen molar-refractivity contribution < 1.29 is 4.79 Å². The van der Waals surface area contributed by atoms with Gasteiger partial charge in [-0.3, -0.25) is 14.5 Å². The molecule has 1 fully saturated rings. The number of aromatic amines is 1. The number of hydrogen-bond donors (Lipinski definition) is 1. The lowest BCUT2D eigenvalue weighted by Gasteiger charge is -2.39. The summed E-state index contributed by atoms with van der Waals surface area (Å²) < 4.78 is 1.98. The molecule has 0 aromatic carbocycles. The van der Waals surface area contributed by atoms with Gasteiger partial charge >= 0.3 is 0 Å². The van der Waals surface area contributed by atoms with Crippen molar-refractivity contribution in [2.45, 2.75) is 6.04 Å². The molecule has 22 heavy (non-hydrogen) atoms. The zero-order valence-corrected chi connectivity index (χ0v) is 12.7. The summed E-state index contributed by atoms with van der Waals surface area (Å²) in [5, 5.41) is 0. The van der Waals surface area contributed by atoms with Crippen LogP contribution in [0.1, 0.15) is 22.2 Å². The molecule has 0 aliphatic carbocycles. The lowest BCUT2D eigenvalue weighted by atomic mass is 10.1. The van der Waals surface area contributed by atoms with Gasteiger partial charge in [-0.25, -0.2) is 4.98 Å². The fraction of sp³-hybridized carbons (Fsp3) is 0.400. The number of nitrogens with one attached hydrogen (secondary N) is 1. The highest BCUT2D eigenvalue weighted by Crippen LogP contribution is 2.23. The monoisotopic (exact) mass is 301 g/mol. The van der Waals surface area contributed by atoms with Crippen LogP contribution in [0.25, 0.3) is 0 Å². The summed E-state index contributed by atoms with van der Waals surface area (Å²) in [6.07, 6.45) is 5.15. The molecule has 1 saturated heterocycles. The van der Waals surface area contributed by atoms with Crippen LogP contribution in [0.2, 0.25) is 0 Å². The molecular formula is C15H19N5O2. The van der Waals surface area contributed by atoms with E-state index in [0.29, 0.717) is 18.7 Å². The molecule has 0 unspecified atom stereocenters. The molecule has 3 rings (SSSR count). The summed E-state index contributed by atoms with van der Waals surface area (Å²) >= 11 is 0. The standard InChI is InChI=1S/C15H19N5O2/c1-18-7-8-20(10-12(18)14-16-5-6-19(14)2)15(22)11-3-4-13(21)17-9-11/h3-6,9,12H,7-8,10H2,1-2H3,(H,17,21)/t12-/m0/s1. The van der Waals surface area contributed by atoms with Gasteiger partial charge in [0.15, 0.2) is 0 Å². The Balaban J connectivity index is 1.81. The van der Waals surface area contributed by atoms with E-state index in [-0.39, 0.29) is 17.5 Å². The number of likely N-dealkylation sites (N-methyl/N-ethyl adjacent to an activating group) is 1. The third-order valence-corrected chi connectivity index (χ3v) is 4.12. The highest BCUT2D eigenvalue weighted by Gasteiger charge is 2.31. The molecule has 1 N–H and O–H groups in total. The molecule has 1 aliphatic rings. The van der Waals surface area contributed by atoms with E-state index in [4.69, 9.17) is 0 Å². The Kier molecular flexibility index (Phi) is 3.81. The van der Waals surface area contributed by atoms with Crippen LogP contribution in [0.15, 0.2) is 35.5 Å². The maximum atomic E-state index is 12.6. The predicted molar refractivity (Wildman–Crippen MR) is 81.5 cm³/mol.